The zero-order valence-electron chi connectivity index (χ0n) is 13.8. The Balaban J connectivity index is 1.49. The highest BCUT2D eigenvalue weighted by Crippen LogP contribution is 2.24. The Morgan fingerprint density at radius 1 is 1.00 bits per heavy atom. The highest BCUT2D eigenvalue weighted by atomic mass is 16.1. The molecule has 1 saturated heterocycles. The largest absolute Gasteiger partial charge is 0.356 e. The Bertz CT molecular complexity index is 294. The molecule has 122 valence electrons. The lowest BCUT2D eigenvalue weighted by Crippen LogP contribution is -2.47. The molecule has 1 amide bonds. The van der Waals surface area contributed by atoms with Crippen LogP contribution in [0.2, 0.25) is 0 Å². The van der Waals surface area contributed by atoms with Crippen molar-refractivity contribution in [3.05, 3.63) is 0 Å². The first-order chi connectivity index (χ1) is 10.3. The van der Waals surface area contributed by atoms with E-state index in [0.29, 0.717) is 11.8 Å². The lowest BCUT2D eigenvalue weighted by molar-refractivity contribution is -0.124. The second kappa shape index (κ2) is 9.42. The van der Waals surface area contributed by atoms with Gasteiger partial charge < -0.3 is 15.1 Å². The van der Waals surface area contributed by atoms with Gasteiger partial charge in [0.2, 0.25) is 5.91 Å². The number of amides is 1. The van der Waals surface area contributed by atoms with E-state index in [1.165, 1.54) is 58.4 Å². The summed E-state index contributed by atoms with van der Waals surface area (Å²) in [6.07, 6.45) is 8.39. The van der Waals surface area contributed by atoms with E-state index in [1.54, 1.807) is 0 Å². The second-order valence-corrected chi connectivity index (χ2v) is 6.66. The van der Waals surface area contributed by atoms with Crippen molar-refractivity contribution in [3.63, 3.8) is 0 Å². The molecule has 1 N–H and O–H groups in total. The molecule has 2 aliphatic rings. The van der Waals surface area contributed by atoms with E-state index in [2.05, 4.69) is 22.0 Å². The van der Waals surface area contributed by atoms with E-state index in [4.69, 9.17) is 0 Å². The van der Waals surface area contributed by atoms with Gasteiger partial charge in [0, 0.05) is 38.6 Å². The highest BCUT2D eigenvalue weighted by molar-refractivity contribution is 5.78. The van der Waals surface area contributed by atoms with Gasteiger partial charge in [0.25, 0.3) is 0 Å². The summed E-state index contributed by atoms with van der Waals surface area (Å²) in [4.78, 5) is 17.0. The average Bonchev–Trinajstić information content (AvgIpc) is 3.05. The number of piperazine rings is 1. The molecule has 4 nitrogen and oxygen atoms in total. The number of carbonyl (C=O) groups excluding carboxylic acids is 1. The standard InChI is InChI=1S/C17H33N3O/c1-2-3-10-19-12-14-20(15-13-19)11-6-9-18-17(21)16-7-4-5-8-16/h16H,2-15H2,1H3,(H,18,21). The predicted octanol–water partition coefficient (Wildman–Crippen LogP) is 2.10. The van der Waals surface area contributed by atoms with E-state index in [1.807, 2.05) is 0 Å². The SMILES string of the molecule is CCCCN1CCN(CCCNC(=O)C2CCCC2)CC1. The van der Waals surface area contributed by atoms with E-state index >= 15 is 0 Å². The number of nitrogens with one attached hydrogen (secondary N) is 1. The third-order valence-corrected chi connectivity index (χ3v) is 4.97. The van der Waals surface area contributed by atoms with Crippen molar-refractivity contribution in [1.29, 1.82) is 0 Å². The fourth-order valence-electron chi connectivity index (χ4n) is 3.46. The van der Waals surface area contributed by atoms with Crippen molar-refractivity contribution in [2.45, 2.75) is 51.9 Å². The van der Waals surface area contributed by atoms with Gasteiger partial charge in [-0.05, 0) is 38.8 Å². The molecular formula is C17H33N3O. The molecule has 0 unspecified atom stereocenters. The molecule has 2 rings (SSSR count). The van der Waals surface area contributed by atoms with Gasteiger partial charge in [-0.2, -0.15) is 0 Å². The van der Waals surface area contributed by atoms with Crippen molar-refractivity contribution >= 4 is 5.91 Å². The van der Waals surface area contributed by atoms with Gasteiger partial charge in [-0.25, -0.2) is 0 Å². The van der Waals surface area contributed by atoms with Crippen molar-refractivity contribution in [2.75, 3.05) is 45.8 Å². The van der Waals surface area contributed by atoms with Gasteiger partial charge in [0.15, 0.2) is 0 Å². The minimum absolute atomic E-state index is 0.303. The van der Waals surface area contributed by atoms with E-state index < -0.39 is 0 Å². The van der Waals surface area contributed by atoms with Crippen molar-refractivity contribution < 1.29 is 4.79 Å². The molecular weight excluding hydrogens is 262 g/mol. The summed E-state index contributed by atoms with van der Waals surface area (Å²) in [7, 11) is 0. The van der Waals surface area contributed by atoms with Crippen molar-refractivity contribution in [2.24, 2.45) is 5.92 Å². The summed E-state index contributed by atoms with van der Waals surface area (Å²) in [6.45, 7) is 10.3. The topological polar surface area (TPSA) is 35.6 Å². The molecule has 0 aromatic heterocycles. The third-order valence-electron chi connectivity index (χ3n) is 4.97. The fourth-order valence-corrected chi connectivity index (χ4v) is 3.46. The smallest absolute Gasteiger partial charge is 0.223 e. The molecule has 0 atom stereocenters. The van der Waals surface area contributed by atoms with Crippen LogP contribution in [0.4, 0.5) is 0 Å². The van der Waals surface area contributed by atoms with Crippen LogP contribution in [-0.4, -0.2) is 61.5 Å². The fraction of sp³-hybridized carbons (Fsp3) is 0.941. The van der Waals surface area contributed by atoms with Gasteiger partial charge in [0.05, 0.1) is 0 Å². The summed E-state index contributed by atoms with van der Waals surface area (Å²) in [5.74, 6) is 0.615. The maximum absolute atomic E-state index is 11.9. The molecule has 21 heavy (non-hydrogen) atoms. The molecule has 1 heterocycles. The molecule has 1 aliphatic carbocycles. The molecule has 2 fully saturated rings. The first-order valence-corrected chi connectivity index (χ1v) is 9.02. The van der Waals surface area contributed by atoms with Gasteiger partial charge in [-0.15, -0.1) is 0 Å². The first-order valence-electron chi connectivity index (χ1n) is 9.02. The Kier molecular flexibility index (Phi) is 7.51. The van der Waals surface area contributed by atoms with Crippen LogP contribution in [0, 0.1) is 5.92 Å². The van der Waals surface area contributed by atoms with Gasteiger partial charge in [0.1, 0.15) is 0 Å². The summed E-state index contributed by atoms with van der Waals surface area (Å²) >= 11 is 0. The summed E-state index contributed by atoms with van der Waals surface area (Å²) in [5.41, 5.74) is 0. The number of hydrogen-bond acceptors (Lipinski definition) is 3. The van der Waals surface area contributed by atoms with Crippen LogP contribution in [0.5, 0.6) is 0 Å². The Morgan fingerprint density at radius 2 is 1.57 bits per heavy atom. The van der Waals surface area contributed by atoms with Crippen LogP contribution in [-0.2, 0) is 4.79 Å². The predicted molar refractivity (Wildman–Crippen MR) is 87.4 cm³/mol. The summed E-state index contributed by atoms with van der Waals surface area (Å²) in [6, 6.07) is 0. The van der Waals surface area contributed by atoms with Crippen LogP contribution in [0.25, 0.3) is 0 Å². The molecule has 0 spiro atoms. The molecule has 0 aromatic carbocycles. The quantitative estimate of drug-likeness (QED) is 0.697. The van der Waals surface area contributed by atoms with Crippen LogP contribution in [0.3, 0.4) is 0 Å². The van der Waals surface area contributed by atoms with E-state index in [-0.39, 0.29) is 0 Å². The van der Waals surface area contributed by atoms with Gasteiger partial charge in [-0.3, -0.25) is 4.79 Å². The normalized spacial score (nSPS) is 21.8. The molecule has 1 saturated carbocycles. The zero-order valence-corrected chi connectivity index (χ0v) is 13.8. The number of rotatable bonds is 8. The molecule has 1 aliphatic heterocycles. The van der Waals surface area contributed by atoms with Crippen LogP contribution in [0.1, 0.15) is 51.9 Å². The number of carbonyl (C=O) groups is 1. The molecule has 4 heteroatoms. The Labute approximate surface area is 130 Å². The van der Waals surface area contributed by atoms with Crippen molar-refractivity contribution in [1.82, 2.24) is 15.1 Å². The molecule has 0 bridgehead atoms. The van der Waals surface area contributed by atoms with Crippen molar-refractivity contribution in [3.8, 4) is 0 Å². The number of nitrogens with zero attached hydrogens (tertiary/aromatic N) is 2. The Morgan fingerprint density at radius 3 is 2.14 bits per heavy atom. The maximum Gasteiger partial charge on any atom is 0.223 e. The number of hydrogen-bond donors (Lipinski definition) is 1. The second-order valence-electron chi connectivity index (χ2n) is 6.66. The minimum Gasteiger partial charge on any atom is -0.356 e. The van der Waals surface area contributed by atoms with E-state index in [9.17, 15) is 4.79 Å². The maximum atomic E-state index is 11.9. The van der Waals surface area contributed by atoms with Crippen LogP contribution >= 0.6 is 0 Å². The summed E-state index contributed by atoms with van der Waals surface area (Å²) in [5, 5.41) is 3.12. The lowest BCUT2D eigenvalue weighted by atomic mass is 10.1. The first kappa shape index (κ1) is 16.8. The van der Waals surface area contributed by atoms with E-state index in [0.717, 1.165) is 32.4 Å². The molecule has 0 radical (unpaired) electrons. The number of unbranched alkanes of at least 4 members (excludes halogenated alkanes) is 1. The van der Waals surface area contributed by atoms with Crippen LogP contribution in [0.15, 0.2) is 0 Å². The zero-order chi connectivity index (χ0) is 14.9. The minimum atomic E-state index is 0.303. The van der Waals surface area contributed by atoms with Gasteiger partial charge >= 0.3 is 0 Å². The summed E-state index contributed by atoms with van der Waals surface area (Å²) < 4.78 is 0. The third kappa shape index (κ3) is 5.95. The van der Waals surface area contributed by atoms with Gasteiger partial charge in [-0.1, -0.05) is 26.2 Å². The molecule has 0 aromatic rings. The monoisotopic (exact) mass is 295 g/mol. The highest BCUT2D eigenvalue weighted by Gasteiger charge is 2.22. The lowest BCUT2D eigenvalue weighted by Gasteiger charge is -2.34. The van der Waals surface area contributed by atoms with Crippen LogP contribution < -0.4 is 5.32 Å². The average molecular weight is 295 g/mol. The Hall–Kier alpha value is -0.610.